The third-order valence-electron chi connectivity index (χ3n) is 2.48. The maximum atomic E-state index is 8.59. The molecule has 0 saturated heterocycles. The van der Waals surface area contributed by atoms with Crippen LogP contribution in [0.3, 0.4) is 0 Å². The molecule has 0 amide bonds. The lowest BCUT2D eigenvalue weighted by Gasteiger charge is -2.13. The standard InChI is InChI=1S/C14H15N3O3/c1-9(2)19-11-5-4-10(8-12(11)18-3)14-16-13(6-7-15)20-17-14/h4-5,8-9H,6H2,1-3H3. The minimum absolute atomic E-state index is 0.0576. The number of hydrogen-bond acceptors (Lipinski definition) is 6. The van der Waals surface area contributed by atoms with Crippen LogP contribution in [-0.4, -0.2) is 23.4 Å². The highest BCUT2D eigenvalue weighted by Crippen LogP contribution is 2.32. The first-order valence-electron chi connectivity index (χ1n) is 6.18. The summed E-state index contributed by atoms with van der Waals surface area (Å²) in [4.78, 5) is 4.14. The molecule has 1 aromatic carbocycles. The van der Waals surface area contributed by atoms with Crippen LogP contribution in [0.4, 0.5) is 0 Å². The number of nitrogens with zero attached hydrogens (tertiary/aromatic N) is 3. The van der Waals surface area contributed by atoms with Gasteiger partial charge in [0.05, 0.1) is 19.3 Å². The Labute approximate surface area is 116 Å². The van der Waals surface area contributed by atoms with Gasteiger partial charge in [-0.3, -0.25) is 0 Å². The average molecular weight is 273 g/mol. The van der Waals surface area contributed by atoms with Crippen LogP contribution in [0.2, 0.25) is 0 Å². The van der Waals surface area contributed by atoms with Crippen LogP contribution in [0, 0.1) is 11.3 Å². The van der Waals surface area contributed by atoms with Crippen molar-refractivity contribution in [3.05, 3.63) is 24.1 Å². The summed E-state index contributed by atoms with van der Waals surface area (Å²) in [7, 11) is 1.57. The van der Waals surface area contributed by atoms with Gasteiger partial charge < -0.3 is 14.0 Å². The van der Waals surface area contributed by atoms with Gasteiger partial charge in [-0.05, 0) is 32.0 Å². The second kappa shape index (κ2) is 6.06. The number of ether oxygens (including phenoxy) is 2. The minimum Gasteiger partial charge on any atom is -0.493 e. The first-order chi connectivity index (χ1) is 9.63. The van der Waals surface area contributed by atoms with Crippen molar-refractivity contribution in [2.24, 2.45) is 0 Å². The van der Waals surface area contributed by atoms with Crippen molar-refractivity contribution in [1.29, 1.82) is 5.26 Å². The molecule has 1 aromatic heterocycles. The second-order valence-corrected chi connectivity index (χ2v) is 4.38. The molecule has 0 atom stereocenters. The van der Waals surface area contributed by atoms with E-state index in [0.29, 0.717) is 23.2 Å². The Hall–Kier alpha value is -2.55. The highest BCUT2D eigenvalue weighted by Gasteiger charge is 2.12. The van der Waals surface area contributed by atoms with Crippen LogP contribution in [0.5, 0.6) is 11.5 Å². The predicted octanol–water partition coefficient (Wildman–Crippen LogP) is 2.60. The molecule has 0 aliphatic heterocycles. The summed E-state index contributed by atoms with van der Waals surface area (Å²) in [5, 5.41) is 12.4. The predicted molar refractivity (Wildman–Crippen MR) is 71.4 cm³/mol. The largest absolute Gasteiger partial charge is 0.493 e. The van der Waals surface area contributed by atoms with Crippen LogP contribution in [0.1, 0.15) is 19.7 Å². The van der Waals surface area contributed by atoms with Gasteiger partial charge in [0.1, 0.15) is 6.42 Å². The number of benzene rings is 1. The Morgan fingerprint density at radius 3 is 2.80 bits per heavy atom. The van der Waals surface area contributed by atoms with Crippen LogP contribution in [-0.2, 0) is 6.42 Å². The second-order valence-electron chi connectivity index (χ2n) is 4.38. The zero-order chi connectivity index (χ0) is 14.5. The van der Waals surface area contributed by atoms with E-state index >= 15 is 0 Å². The highest BCUT2D eigenvalue weighted by molar-refractivity contribution is 5.60. The number of nitriles is 1. The van der Waals surface area contributed by atoms with Crippen molar-refractivity contribution >= 4 is 0 Å². The van der Waals surface area contributed by atoms with Crippen molar-refractivity contribution in [1.82, 2.24) is 10.1 Å². The monoisotopic (exact) mass is 273 g/mol. The molecule has 6 heteroatoms. The van der Waals surface area contributed by atoms with Gasteiger partial charge in [-0.15, -0.1) is 0 Å². The number of methoxy groups -OCH3 is 1. The lowest BCUT2D eigenvalue weighted by Crippen LogP contribution is -2.06. The third-order valence-corrected chi connectivity index (χ3v) is 2.48. The zero-order valence-corrected chi connectivity index (χ0v) is 11.6. The van der Waals surface area contributed by atoms with Crippen LogP contribution < -0.4 is 9.47 Å². The number of hydrogen-bond donors (Lipinski definition) is 0. The summed E-state index contributed by atoms with van der Waals surface area (Å²) in [5.74, 6) is 1.98. The molecule has 104 valence electrons. The van der Waals surface area contributed by atoms with Gasteiger partial charge in [0.2, 0.25) is 11.7 Å². The van der Waals surface area contributed by atoms with Crippen molar-refractivity contribution in [2.75, 3.05) is 7.11 Å². The molecule has 6 nitrogen and oxygen atoms in total. The molecule has 0 unspecified atom stereocenters. The molecule has 0 radical (unpaired) electrons. The van der Waals surface area contributed by atoms with Crippen LogP contribution in [0.15, 0.2) is 22.7 Å². The maximum Gasteiger partial charge on any atom is 0.241 e. The van der Waals surface area contributed by atoms with E-state index in [0.717, 1.165) is 5.56 Å². The minimum atomic E-state index is 0.0576. The molecule has 0 bridgehead atoms. The lowest BCUT2D eigenvalue weighted by molar-refractivity contribution is 0.230. The van der Waals surface area contributed by atoms with Crippen LogP contribution in [0.25, 0.3) is 11.4 Å². The van der Waals surface area contributed by atoms with E-state index in [1.165, 1.54) is 0 Å². The summed E-state index contributed by atoms with van der Waals surface area (Å²) in [6.45, 7) is 3.89. The van der Waals surface area contributed by atoms with Crippen molar-refractivity contribution in [3.8, 4) is 29.0 Å². The molecule has 1 heterocycles. The number of aromatic nitrogens is 2. The quantitative estimate of drug-likeness (QED) is 0.832. The normalized spacial score (nSPS) is 10.3. The van der Waals surface area contributed by atoms with E-state index in [2.05, 4.69) is 10.1 Å². The van der Waals surface area contributed by atoms with Gasteiger partial charge in [0.15, 0.2) is 11.5 Å². The van der Waals surface area contributed by atoms with Crippen molar-refractivity contribution in [3.63, 3.8) is 0 Å². The smallest absolute Gasteiger partial charge is 0.241 e. The Kier molecular flexibility index (Phi) is 4.20. The Morgan fingerprint density at radius 2 is 2.15 bits per heavy atom. The Balaban J connectivity index is 2.30. The summed E-state index contributed by atoms with van der Waals surface area (Å²) in [6.07, 6.45) is 0.153. The molecule has 20 heavy (non-hydrogen) atoms. The highest BCUT2D eigenvalue weighted by atomic mass is 16.5. The van der Waals surface area contributed by atoms with E-state index in [-0.39, 0.29) is 12.5 Å². The Bertz CT molecular complexity index is 629. The van der Waals surface area contributed by atoms with Gasteiger partial charge in [0, 0.05) is 5.56 Å². The lowest BCUT2D eigenvalue weighted by atomic mass is 10.2. The molecule has 2 aromatic rings. The first kappa shape index (κ1) is 13.9. The number of rotatable bonds is 5. The van der Waals surface area contributed by atoms with Crippen LogP contribution >= 0.6 is 0 Å². The fraction of sp³-hybridized carbons (Fsp3) is 0.357. The third kappa shape index (κ3) is 3.06. The summed E-state index contributed by atoms with van der Waals surface area (Å²) in [5.41, 5.74) is 0.742. The van der Waals surface area contributed by atoms with Gasteiger partial charge >= 0.3 is 0 Å². The van der Waals surface area contributed by atoms with E-state index < -0.39 is 0 Å². The summed E-state index contributed by atoms with van der Waals surface area (Å²) < 4.78 is 15.9. The van der Waals surface area contributed by atoms with Gasteiger partial charge in [-0.2, -0.15) is 10.2 Å². The maximum absolute atomic E-state index is 8.59. The van der Waals surface area contributed by atoms with Gasteiger partial charge in [0.25, 0.3) is 0 Å². The van der Waals surface area contributed by atoms with Crippen molar-refractivity contribution in [2.45, 2.75) is 26.4 Å². The SMILES string of the molecule is COc1cc(-c2noc(CC#N)n2)ccc1OC(C)C. The zero-order valence-electron chi connectivity index (χ0n) is 11.6. The average Bonchev–Trinajstić information content (AvgIpc) is 2.87. The molecule has 0 spiro atoms. The van der Waals surface area contributed by atoms with E-state index in [1.54, 1.807) is 19.2 Å². The fourth-order valence-electron chi connectivity index (χ4n) is 1.67. The molecule has 2 rings (SSSR count). The molecular formula is C14H15N3O3. The van der Waals surface area contributed by atoms with E-state index in [1.807, 2.05) is 26.0 Å². The van der Waals surface area contributed by atoms with Crippen molar-refractivity contribution < 1.29 is 14.0 Å². The first-order valence-corrected chi connectivity index (χ1v) is 6.18. The van der Waals surface area contributed by atoms with Gasteiger partial charge in [-0.25, -0.2) is 0 Å². The van der Waals surface area contributed by atoms with Gasteiger partial charge in [-0.1, -0.05) is 5.16 Å². The molecule has 0 saturated carbocycles. The summed E-state index contributed by atoms with van der Waals surface area (Å²) >= 11 is 0. The van der Waals surface area contributed by atoms with E-state index in [9.17, 15) is 0 Å². The molecular weight excluding hydrogens is 258 g/mol. The molecule has 0 aliphatic carbocycles. The molecule has 0 fully saturated rings. The summed E-state index contributed by atoms with van der Waals surface area (Å²) in [6, 6.07) is 7.36. The Morgan fingerprint density at radius 1 is 1.35 bits per heavy atom. The molecule has 0 N–H and O–H groups in total. The van der Waals surface area contributed by atoms with E-state index in [4.69, 9.17) is 19.3 Å². The fourth-order valence-corrected chi connectivity index (χ4v) is 1.67. The topological polar surface area (TPSA) is 81.2 Å². The molecule has 0 aliphatic rings.